The number of hydrogen-bond acceptors (Lipinski definition) is 4. The van der Waals surface area contributed by atoms with E-state index in [1.807, 2.05) is 32.9 Å². The van der Waals surface area contributed by atoms with Gasteiger partial charge in [0, 0.05) is 5.69 Å². The average Bonchev–Trinajstić information content (AvgIpc) is 2.57. The van der Waals surface area contributed by atoms with Gasteiger partial charge in [-0.2, -0.15) is 0 Å². The van der Waals surface area contributed by atoms with Crippen LogP contribution < -0.4 is 10.1 Å². The third-order valence-electron chi connectivity index (χ3n) is 3.78. The second-order valence-electron chi connectivity index (χ2n) is 6.11. The van der Waals surface area contributed by atoms with Gasteiger partial charge in [-0.25, -0.2) is 9.18 Å². The molecule has 6 heteroatoms. The Hall–Kier alpha value is -2.89. The molecule has 0 aliphatic heterocycles. The molecule has 0 radical (unpaired) electrons. The summed E-state index contributed by atoms with van der Waals surface area (Å²) in [6, 6.07) is 9.65. The average molecular weight is 359 g/mol. The van der Waals surface area contributed by atoms with Crippen LogP contribution in [0.15, 0.2) is 36.4 Å². The molecule has 0 aromatic heterocycles. The fraction of sp³-hybridized carbons (Fsp3) is 0.300. The maximum atomic E-state index is 13.4. The molecule has 0 heterocycles. The van der Waals surface area contributed by atoms with Gasteiger partial charge in [0.25, 0.3) is 5.91 Å². The molecule has 1 atom stereocenters. The number of anilines is 1. The number of ether oxygens (including phenoxy) is 2. The van der Waals surface area contributed by atoms with Crippen LogP contribution in [0.25, 0.3) is 0 Å². The molecule has 2 rings (SSSR count). The van der Waals surface area contributed by atoms with E-state index in [2.05, 4.69) is 5.32 Å². The van der Waals surface area contributed by atoms with Crippen molar-refractivity contribution in [1.82, 2.24) is 0 Å². The van der Waals surface area contributed by atoms with Gasteiger partial charge in [-0.15, -0.1) is 0 Å². The minimum atomic E-state index is -1.01. The first-order valence-corrected chi connectivity index (χ1v) is 8.23. The van der Waals surface area contributed by atoms with Crippen LogP contribution in [-0.2, 0) is 14.3 Å². The highest BCUT2D eigenvalue weighted by atomic mass is 19.1. The quantitative estimate of drug-likeness (QED) is 0.799. The Morgan fingerprint density at radius 2 is 1.73 bits per heavy atom. The Kier molecular flexibility index (Phi) is 6.33. The molecule has 26 heavy (non-hydrogen) atoms. The predicted molar refractivity (Wildman–Crippen MR) is 96.7 cm³/mol. The van der Waals surface area contributed by atoms with Crippen molar-refractivity contribution in [3.8, 4) is 5.75 Å². The summed E-state index contributed by atoms with van der Waals surface area (Å²) in [7, 11) is 0. The van der Waals surface area contributed by atoms with Crippen molar-refractivity contribution in [1.29, 1.82) is 0 Å². The van der Waals surface area contributed by atoms with E-state index >= 15 is 0 Å². The number of para-hydroxylation sites is 1. The van der Waals surface area contributed by atoms with Crippen molar-refractivity contribution in [3.63, 3.8) is 0 Å². The number of carbonyl (C=O) groups excluding carboxylic acids is 2. The Morgan fingerprint density at radius 1 is 1.12 bits per heavy atom. The first-order valence-electron chi connectivity index (χ1n) is 8.23. The zero-order valence-corrected chi connectivity index (χ0v) is 15.3. The molecule has 5 nitrogen and oxygen atoms in total. The molecular formula is C20H22FNO4. The fourth-order valence-electron chi connectivity index (χ4n) is 2.59. The molecule has 0 spiro atoms. The highest BCUT2D eigenvalue weighted by molar-refractivity contribution is 5.96. The van der Waals surface area contributed by atoms with Gasteiger partial charge < -0.3 is 14.8 Å². The number of aryl methyl sites for hydroxylation is 3. The largest absolute Gasteiger partial charge is 0.479 e. The number of halogens is 1. The van der Waals surface area contributed by atoms with E-state index in [9.17, 15) is 14.0 Å². The van der Waals surface area contributed by atoms with Crippen LogP contribution in [0, 0.1) is 26.6 Å². The summed E-state index contributed by atoms with van der Waals surface area (Å²) < 4.78 is 23.6. The summed E-state index contributed by atoms with van der Waals surface area (Å²) in [5, 5.41) is 2.78. The zero-order chi connectivity index (χ0) is 19.3. The van der Waals surface area contributed by atoms with Gasteiger partial charge >= 0.3 is 5.97 Å². The van der Waals surface area contributed by atoms with Crippen molar-refractivity contribution in [3.05, 3.63) is 58.9 Å². The third kappa shape index (κ3) is 5.05. The molecule has 0 unspecified atom stereocenters. The number of benzene rings is 2. The number of rotatable bonds is 6. The second-order valence-corrected chi connectivity index (χ2v) is 6.11. The molecule has 0 saturated heterocycles. The SMILES string of the molecule is Cc1cc(C)c(NC(=O)[C@H](C)OC(=O)COc2ccccc2F)c(C)c1. The van der Waals surface area contributed by atoms with Gasteiger partial charge in [-0.3, -0.25) is 4.79 Å². The first-order chi connectivity index (χ1) is 12.3. The van der Waals surface area contributed by atoms with Crippen molar-refractivity contribution in [2.75, 3.05) is 11.9 Å². The molecule has 0 aliphatic carbocycles. The van der Waals surface area contributed by atoms with Gasteiger partial charge in [0.1, 0.15) is 0 Å². The highest BCUT2D eigenvalue weighted by Gasteiger charge is 2.20. The van der Waals surface area contributed by atoms with Crippen molar-refractivity contribution in [2.24, 2.45) is 0 Å². The van der Waals surface area contributed by atoms with Gasteiger partial charge in [0.15, 0.2) is 24.3 Å². The third-order valence-corrected chi connectivity index (χ3v) is 3.78. The maximum absolute atomic E-state index is 13.4. The number of nitrogens with one attached hydrogen (secondary N) is 1. The Morgan fingerprint density at radius 3 is 2.35 bits per heavy atom. The number of carbonyl (C=O) groups is 2. The summed E-state index contributed by atoms with van der Waals surface area (Å²) >= 11 is 0. The van der Waals surface area contributed by atoms with Crippen LogP contribution in [0.4, 0.5) is 10.1 Å². The van der Waals surface area contributed by atoms with Crippen LogP contribution in [0.3, 0.4) is 0 Å². The van der Waals surface area contributed by atoms with E-state index in [0.717, 1.165) is 16.7 Å². The Bertz CT molecular complexity index is 796. The summed E-state index contributed by atoms with van der Waals surface area (Å²) in [6.45, 7) is 6.75. The molecule has 0 fully saturated rings. The minimum Gasteiger partial charge on any atom is -0.479 e. The van der Waals surface area contributed by atoms with Gasteiger partial charge in [0.05, 0.1) is 0 Å². The predicted octanol–water partition coefficient (Wildman–Crippen LogP) is 3.70. The lowest BCUT2D eigenvalue weighted by molar-refractivity contribution is -0.155. The smallest absolute Gasteiger partial charge is 0.344 e. The zero-order valence-electron chi connectivity index (χ0n) is 15.3. The summed E-state index contributed by atoms with van der Waals surface area (Å²) in [5.74, 6) is -1.82. The van der Waals surface area contributed by atoms with Crippen molar-refractivity contribution < 1.29 is 23.5 Å². The lowest BCUT2D eigenvalue weighted by Crippen LogP contribution is -2.32. The molecule has 0 aliphatic rings. The van der Waals surface area contributed by atoms with Crippen LogP contribution >= 0.6 is 0 Å². The molecule has 138 valence electrons. The van der Waals surface area contributed by atoms with Crippen LogP contribution in [0.2, 0.25) is 0 Å². The van der Waals surface area contributed by atoms with Crippen LogP contribution in [-0.4, -0.2) is 24.6 Å². The van der Waals surface area contributed by atoms with E-state index in [0.29, 0.717) is 5.69 Å². The van der Waals surface area contributed by atoms with E-state index < -0.39 is 30.4 Å². The lowest BCUT2D eigenvalue weighted by Gasteiger charge is -2.17. The topological polar surface area (TPSA) is 64.6 Å². The molecule has 1 N–H and O–H groups in total. The monoisotopic (exact) mass is 359 g/mol. The lowest BCUT2D eigenvalue weighted by atomic mass is 10.0. The second kappa shape index (κ2) is 8.47. The fourth-order valence-corrected chi connectivity index (χ4v) is 2.59. The van der Waals surface area contributed by atoms with E-state index in [4.69, 9.17) is 9.47 Å². The number of esters is 1. The highest BCUT2D eigenvalue weighted by Crippen LogP contribution is 2.22. The molecule has 0 saturated carbocycles. The molecule has 2 aromatic carbocycles. The van der Waals surface area contributed by atoms with Crippen molar-refractivity contribution >= 4 is 17.6 Å². The summed E-state index contributed by atoms with van der Waals surface area (Å²) in [5.41, 5.74) is 3.66. The summed E-state index contributed by atoms with van der Waals surface area (Å²) in [6.07, 6.45) is -1.01. The minimum absolute atomic E-state index is 0.0486. The first kappa shape index (κ1) is 19.4. The molecule has 0 bridgehead atoms. The molecular weight excluding hydrogens is 337 g/mol. The normalized spacial score (nSPS) is 11.6. The van der Waals surface area contributed by atoms with Gasteiger partial charge in [-0.1, -0.05) is 29.8 Å². The standard InChI is InChI=1S/C20H22FNO4/c1-12-9-13(2)19(14(3)10-12)22-20(24)15(4)26-18(23)11-25-17-8-6-5-7-16(17)21/h5-10,15H,11H2,1-4H3,(H,22,24)/t15-/m0/s1. The van der Waals surface area contributed by atoms with Gasteiger partial charge in [-0.05, 0) is 51.0 Å². The number of hydrogen-bond donors (Lipinski definition) is 1. The molecule has 1 amide bonds. The van der Waals surface area contributed by atoms with Gasteiger partial charge in [0.2, 0.25) is 0 Å². The summed E-state index contributed by atoms with van der Waals surface area (Å²) in [4.78, 5) is 24.1. The molecule has 2 aromatic rings. The van der Waals surface area contributed by atoms with E-state index in [-0.39, 0.29) is 5.75 Å². The van der Waals surface area contributed by atoms with E-state index in [1.54, 1.807) is 6.07 Å². The van der Waals surface area contributed by atoms with Crippen LogP contribution in [0.5, 0.6) is 5.75 Å². The van der Waals surface area contributed by atoms with E-state index in [1.165, 1.54) is 25.1 Å². The van der Waals surface area contributed by atoms with Crippen LogP contribution in [0.1, 0.15) is 23.6 Å². The Balaban J connectivity index is 1.90. The number of amides is 1. The maximum Gasteiger partial charge on any atom is 0.344 e. The Labute approximate surface area is 152 Å². The van der Waals surface area contributed by atoms with Crippen molar-refractivity contribution in [2.45, 2.75) is 33.8 Å².